The summed E-state index contributed by atoms with van der Waals surface area (Å²) in [5.41, 5.74) is 0. The average molecular weight is 134 g/mol. The van der Waals surface area contributed by atoms with Gasteiger partial charge in [-0.2, -0.15) is 0 Å². The molecule has 0 amide bonds. The molecule has 1 saturated carbocycles. The maximum atomic E-state index is 11.9. The van der Waals surface area contributed by atoms with Crippen LogP contribution in [-0.2, 0) is 0 Å². The van der Waals surface area contributed by atoms with Crippen molar-refractivity contribution in [2.75, 3.05) is 0 Å². The van der Waals surface area contributed by atoms with E-state index in [-0.39, 0.29) is 12.8 Å². The lowest BCUT2D eigenvalue weighted by atomic mass is 10.3. The molecule has 0 nitrogen and oxygen atoms in total. The van der Waals surface area contributed by atoms with E-state index in [1.54, 1.807) is 0 Å². The summed E-state index contributed by atoms with van der Waals surface area (Å²) >= 11 is 0. The minimum Gasteiger partial charge on any atom is -0.207 e. The van der Waals surface area contributed by atoms with Crippen LogP contribution in [0.5, 0.6) is 0 Å². The van der Waals surface area contributed by atoms with Crippen molar-refractivity contribution in [3.05, 3.63) is 13.2 Å². The highest BCUT2D eigenvalue weighted by Crippen LogP contribution is 2.33. The Labute approximate surface area is 54.6 Å². The summed E-state index contributed by atoms with van der Waals surface area (Å²) in [5.74, 6) is -2.31. The van der Waals surface area contributed by atoms with Crippen LogP contribution < -0.4 is 0 Å². The minimum atomic E-state index is -2.31. The maximum absolute atomic E-state index is 11.9. The Balaban J connectivity index is 0.000000291. The third-order valence-corrected chi connectivity index (χ3v) is 1.34. The van der Waals surface area contributed by atoms with Crippen LogP contribution in [0.15, 0.2) is 13.2 Å². The first-order chi connectivity index (χ1) is 4.21. The van der Waals surface area contributed by atoms with Crippen LogP contribution in [0.3, 0.4) is 0 Å². The summed E-state index contributed by atoms with van der Waals surface area (Å²) in [5, 5.41) is 0. The molecule has 9 heavy (non-hydrogen) atoms. The van der Waals surface area contributed by atoms with Crippen molar-refractivity contribution >= 4 is 0 Å². The smallest absolute Gasteiger partial charge is 0.207 e. The zero-order chi connectivity index (χ0) is 7.33. The van der Waals surface area contributed by atoms with E-state index in [0.717, 1.165) is 0 Å². The lowest BCUT2D eigenvalue weighted by molar-refractivity contribution is 0.00932. The van der Waals surface area contributed by atoms with Crippen LogP contribution in [0.4, 0.5) is 8.78 Å². The zero-order valence-corrected chi connectivity index (χ0v) is 5.50. The summed E-state index contributed by atoms with van der Waals surface area (Å²) in [6, 6.07) is 0. The largest absolute Gasteiger partial charge is 0.248 e. The first-order valence-corrected chi connectivity index (χ1v) is 3.09. The molecule has 0 atom stereocenters. The Morgan fingerprint density at radius 3 is 1.44 bits per heavy atom. The van der Waals surface area contributed by atoms with Crippen LogP contribution in [0.25, 0.3) is 0 Å². The van der Waals surface area contributed by atoms with Crippen LogP contribution in [-0.4, -0.2) is 5.92 Å². The van der Waals surface area contributed by atoms with E-state index in [2.05, 4.69) is 13.2 Å². The van der Waals surface area contributed by atoms with Gasteiger partial charge in [0.25, 0.3) is 0 Å². The molecule has 0 aliphatic heterocycles. The van der Waals surface area contributed by atoms with Gasteiger partial charge in [-0.25, -0.2) is 8.78 Å². The molecular formula is C7H12F2. The Hall–Kier alpha value is -0.400. The van der Waals surface area contributed by atoms with E-state index in [1.165, 1.54) is 0 Å². The van der Waals surface area contributed by atoms with Crippen LogP contribution >= 0.6 is 0 Å². The number of hydrogen-bond donors (Lipinski definition) is 0. The molecular weight excluding hydrogens is 122 g/mol. The van der Waals surface area contributed by atoms with Crippen LogP contribution in [0.2, 0.25) is 0 Å². The van der Waals surface area contributed by atoms with E-state index >= 15 is 0 Å². The molecule has 0 aromatic rings. The SMILES string of the molecule is C=C.FC1(F)CCCC1. The summed E-state index contributed by atoms with van der Waals surface area (Å²) < 4.78 is 23.9. The minimum absolute atomic E-state index is 0.118. The fourth-order valence-corrected chi connectivity index (χ4v) is 0.892. The molecule has 0 spiro atoms. The Morgan fingerprint density at radius 2 is 1.33 bits per heavy atom. The van der Waals surface area contributed by atoms with Crippen molar-refractivity contribution in [2.24, 2.45) is 0 Å². The molecule has 1 rings (SSSR count). The van der Waals surface area contributed by atoms with Gasteiger partial charge in [0.15, 0.2) is 0 Å². The normalized spacial score (nSPS) is 22.4. The average Bonchev–Trinajstić information content (AvgIpc) is 2.19. The Morgan fingerprint density at radius 1 is 1.00 bits per heavy atom. The van der Waals surface area contributed by atoms with Crippen LogP contribution in [0, 0.1) is 0 Å². The zero-order valence-electron chi connectivity index (χ0n) is 5.50. The fraction of sp³-hybridized carbons (Fsp3) is 0.714. The number of rotatable bonds is 0. The van der Waals surface area contributed by atoms with Gasteiger partial charge in [-0.1, -0.05) is 0 Å². The van der Waals surface area contributed by atoms with Crippen molar-refractivity contribution in [3.8, 4) is 0 Å². The first kappa shape index (κ1) is 8.60. The first-order valence-electron chi connectivity index (χ1n) is 3.09. The predicted octanol–water partition coefficient (Wildman–Crippen LogP) is 3.00. The lowest BCUT2D eigenvalue weighted by Crippen LogP contribution is -2.06. The molecule has 0 radical (unpaired) electrons. The summed E-state index contributed by atoms with van der Waals surface area (Å²) in [4.78, 5) is 0. The van der Waals surface area contributed by atoms with Crippen molar-refractivity contribution in [3.63, 3.8) is 0 Å². The lowest BCUT2D eigenvalue weighted by Gasteiger charge is -2.03. The maximum Gasteiger partial charge on any atom is 0.248 e. The van der Waals surface area contributed by atoms with Gasteiger partial charge in [0.2, 0.25) is 5.92 Å². The highest BCUT2D eigenvalue weighted by molar-refractivity contribution is 4.72. The Bertz CT molecular complexity index is 71.0. The number of halogens is 2. The second-order valence-corrected chi connectivity index (χ2v) is 2.06. The van der Waals surface area contributed by atoms with Gasteiger partial charge in [-0.3, -0.25) is 0 Å². The van der Waals surface area contributed by atoms with Gasteiger partial charge in [0.05, 0.1) is 0 Å². The van der Waals surface area contributed by atoms with Crippen molar-refractivity contribution in [1.29, 1.82) is 0 Å². The molecule has 54 valence electrons. The number of alkyl halides is 2. The monoisotopic (exact) mass is 134 g/mol. The molecule has 0 heterocycles. The van der Waals surface area contributed by atoms with Gasteiger partial charge >= 0.3 is 0 Å². The highest BCUT2D eigenvalue weighted by Gasteiger charge is 2.32. The third kappa shape index (κ3) is 3.22. The molecule has 1 aliphatic rings. The summed E-state index contributed by atoms with van der Waals surface area (Å²) in [6.07, 6.45) is 1.67. The van der Waals surface area contributed by atoms with Crippen molar-refractivity contribution in [1.82, 2.24) is 0 Å². The molecule has 0 N–H and O–H groups in total. The molecule has 0 aromatic carbocycles. The molecule has 0 aromatic heterocycles. The van der Waals surface area contributed by atoms with Gasteiger partial charge in [0, 0.05) is 12.8 Å². The Kier molecular flexibility index (Phi) is 3.43. The van der Waals surface area contributed by atoms with Crippen molar-refractivity contribution < 1.29 is 8.78 Å². The third-order valence-electron chi connectivity index (χ3n) is 1.34. The van der Waals surface area contributed by atoms with Crippen LogP contribution in [0.1, 0.15) is 25.7 Å². The molecule has 0 bridgehead atoms. The second kappa shape index (κ2) is 3.59. The van der Waals surface area contributed by atoms with E-state index in [4.69, 9.17) is 0 Å². The highest BCUT2D eigenvalue weighted by atomic mass is 19.3. The molecule has 1 fully saturated rings. The van der Waals surface area contributed by atoms with Gasteiger partial charge in [-0.05, 0) is 12.8 Å². The molecule has 0 unspecified atom stereocenters. The molecule has 0 saturated heterocycles. The number of hydrogen-bond acceptors (Lipinski definition) is 0. The summed E-state index contributed by atoms with van der Waals surface area (Å²) in [7, 11) is 0. The van der Waals surface area contributed by atoms with Crippen molar-refractivity contribution in [2.45, 2.75) is 31.6 Å². The molecule has 1 aliphatic carbocycles. The fourth-order valence-electron chi connectivity index (χ4n) is 0.892. The van der Waals surface area contributed by atoms with Gasteiger partial charge in [-0.15, -0.1) is 13.2 Å². The standard InChI is InChI=1S/C5H8F2.C2H4/c6-5(7)3-1-2-4-5;1-2/h1-4H2;1-2H2. The van der Waals surface area contributed by atoms with Gasteiger partial charge < -0.3 is 0 Å². The van der Waals surface area contributed by atoms with E-state index in [0.29, 0.717) is 12.8 Å². The van der Waals surface area contributed by atoms with E-state index < -0.39 is 5.92 Å². The second-order valence-electron chi connectivity index (χ2n) is 2.06. The summed E-state index contributed by atoms with van der Waals surface area (Å²) in [6.45, 7) is 6.00. The predicted molar refractivity (Wildman–Crippen MR) is 34.7 cm³/mol. The molecule has 2 heteroatoms. The van der Waals surface area contributed by atoms with E-state index in [9.17, 15) is 8.78 Å². The van der Waals surface area contributed by atoms with Gasteiger partial charge in [0.1, 0.15) is 0 Å². The quantitative estimate of drug-likeness (QED) is 0.447. The van der Waals surface area contributed by atoms with E-state index in [1.807, 2.05) is 0 Å². The topological polar surface area (TPSA) is 0 Å².